The molecule has 1 aromatic carbocycles. The van der Waals surface area contributed by atoms with E-state index in [1.54, 1.807) is 12.1 Å². The van der Waals surface area contributed by atoms with Gasteiger partial charge in [0, 0.05) is 44.5 Å². The van der Waals surface area contributed by atoms with Gasteiger partial charge in [-0.2, -0.15) is 0 Å². The molecule has 3 fully saturated rings. The highest BCUT2D eigenvalue weighted by Gasteiger charge is 2.54. The van der Waals surface area contributed by atoms with Crippen molar-refractivity contribution >= 4 is 11.7 Å². The third-order valence-electron chi connectivity index (χ3n) is 5.28. The summed E-state index contributed by atoms with van der Waals surface area (Å²) >= 11 is 0. The van der Waals surface area contributed by atoms with Crippen molar-refractivity contribution in [3.8, 4) is 0 Å². The Morgan fingerprint density at radius 3 is 2.79 bits per heavy atom. The molecule has 1 atom stereocenters. The molecule has 0 saturated carbocycles. The molecule has 3 aliphatic heterocycles. The van der Waals surface area contributed by atoms with Crippen LogP contribution in [0.1, 0.15) is 0 Å². The molecule has 3 heterocycles. The van der Waals surface area contributed by atoms with Crippen molar-refractivity contribution in [1.82, 2.24) is 14.7 Å². The molecule has 24 heavy (non-hydrogen) atoms. The van der Waals surface area contributed by atoms with Crippen LogP contribution < -0.4 is 5.32 Å². The Balaban J connectivity index is 1.40. The van der Waals surface area contributed by atoms with E-state index in [0.717, 1.165) is 45.9 Å². The number of amides is 2. The van der Waals surface area contributed by atoms with Gasteiger partial charge < -0.3 is 19.9 Å². The van der Waals surface area contributed by atoms with Crippen LogP contribution in [-0.4, -0.2) is 85.3 Å². The largest absolute Gasteiger partial charge is 0.378 e. The maximum Gasteiger partial charge on any atom is 0.321 e. The van der Waals surface area contributed by atoms with E-state index in [-0.39, 0.29) is 17.4 Å². The Hall–Kier alpha value is -1.70. The van der Waals surface area contributed by atoms with Crippen molar-refractivity contribution in [1.29, 1.82) is 0 Å². The summed E-state index contributed by atoms with van der Waals surface area (Å²) in [6, 6.07) is 6.15. The van der Waals surface area contributed by atoms with Gasteiger partial charge in [0.15, 0.2) is 0 Å². The number of nitrogens with one attached hydrogen (secondary N) is 1. The first-order valence-electron chi connectivity index (χ1n) is 8.40. The van der Waals surface area contributed by atoms with Gasteiger partial charge in [-0.1, -0.05) is 0 Å². The van der Waals surface area contributed by atoms with Crippen LogP contribution in [-0.2, 0) is 4.74 Å². The molecule has 0 bridgehead atoms. The number of likely N-dealkylation sites (N-methyl/N-ethyl adjacent to an activating group) is 1. The highest BCUT2D eigenvalue weighted by molar-refractivity contribution is 5.90. The zero-order valence-corrected chi connectivity index (χ0v) is 13.9. The van der Waals surface area contributed by atoms with E-state index in [9.17, 15) is 9.18 Å². The van der Waals surface area contributed by atoms with E-state index >= 15 is 0 Å². The van der Waals surface area contributed by atoms with Gasteiger partial charge in [-0.25, -0.2) is 9.18 Å². The quantitative estimate of drug-likeness (QED) is 0.834. The fraction of sp³-hybridized carbons (Fsp3) is 0.588. The molecule has 1 spiro atoms. The first-order valence-corrected chi connectivity index (χ1v) is 8.40. The van der Waals surface area contributed by atoms with Crippen LogP contribution >= 0.6 is 0 Å². The van der Waals surface area contributed by atoms with E-state index in [1.807, 2.05) is 4.90 Å². The predicted molar refractivity (Wildman–Crippen MR) is 88.5 cm³/mol. The first-order chi connectivity index (χ1) is 11.6. The summed E-state index contributed by atoms with van der Waals surface area (Å²) in [4.78, 5) is 19.1. The smallest absolute Gasteiger partial charge is 0.321 e. The maximum atomic E-state index is 12.9. The van der Waals surface area contributed by atoms with E-state index in [1.165, 1.54) is 12.1 Å². The van der Waals surface area contributed by atoms with E-state index in [4.69, 9.17) is 4.74 Å². The molecule has 1 aromatic rings. The summed E-state index contributed by atoms with van der Waals surface area (Å²) in [5, 5.41) is 2.84. The van der Waals surface area contributed by atoms with Crippen LogP contribution in [0.3, 0.4) is 0 Å². The lowest BCUT2D eigenvalue weighted by Gasteiger charge is -2.62. The monoisotopic (exact) mass is 334 g/mol. The number of urea groups is 1. The van der Waals surface area contributed by atoms with Crippen molar-refractivity contribution in [2.24, 2.45) is 0 Å². The SMILES string of the molecule is CN1C[C@@H]2COCCN2C2(C1)CN(C(=O)Nc1ccc(F)cc1)C2. The van der Waals surface area contributed by atoms with E-state index in [0.29, 0.717) is 11.7 Å². The van der Waals surface area contributed by atoms with Crippen LogP contribution in [0.15, 0.2) is 24.3 Å². The predicted octanol–water partition coefficient (Wildman–Crippen LogP) is 1.06. The normalized spacial score (nSPS) is 26.8. The average Bonchev–Trinajstić information content (AvgIpc) is 2.53. The second kappa shape index (κ2) is 5.98. The second-order valence-corrected chi connectivity index (χ2v) is 7.14. The lowest BCUT2D eigenvalue weighted by atomic mass is 9.83. The lowest BCUT2D eigenvalue weighted by Crippen LogP contribution is -2.81. The number of anilines is 1. The van der Waals surface area contributed by atoms with Crippen LogP contribution in [0.2, 0.25) is 0 Å². The van der Waals surface area contributed by atoms with Crippen LogP contribution in [0.4, 0.5) is 14.9 Å². The van der Waals surface area contributed by atoms with Crippen LogP contribution in [0.5, 0.6) is 0 Å². The van der Waals surface area contributed by atoms with Gasteiger partial charge in [-0.3, -0.25) is 4.90 Å². The van der Waals surface area contributed by atoms with E-state index < -0.39 is 0 Å². The number of fused-ring (bicyclic) bond motifs is 2. The Morgan fingerprint density at radius 2 is 2.04 bits per heavy atom. The summed E-state index contributed by atoms with van der Waals surface area (Å²) in [7, 11) is 2.13. The van der Waals surface area contributed by atoms with Crippen LogP contribution in [0, 0.1) is 5.82 Å². The second-order valence-electron chi connectivity index (χ2n) is 7.14. The molecule has 4 rings (SSSR count). The standard InChI is InChI=1S/C17H23FN4O2/c1-20-8-15-9-24-7-6-22(15)17(10-20)11-21(12-17)16(23)19-14-4-2-13(18)3-5-14/h2-5,15H,6-12H2,1H3,(H,19,23)/t15-/m1/s1. The number of hydrogen-bond acceptors (Lipinski definition) is 4. The van der Waals surface area contributed by atoms with Gasteiger partial charge in [0.25, 0.3) is 0 Å². The van der Waals surface area contributed by atoms with Crippen molar-refractivity contribution in [3.05, 3.63) is 30.1 Å². The molecular formula is C17H23FN4O2. The summed E-state index contributed by atoms with van der Waals surface area (Å²) in [5.74, 6) is -0.306. The molecule has 130 valence electrons. The molecule has 1 N–H and O–H groups in total. The molecule has 0 aromatic heterocycles. The minimum absolute atomic E-state index is 0.0432. The number of piperazine rings is 1. The fourth-order valence-corrected chi connectivity index (χ4v) is 4.27. The molecule has 3 aliphatic rings. The number of likely N-dealkylation sites (tertiary alicyclic amines) is 1. The van der Waals surface area contributed by atoms with E-state index in [2.05, 4.69) is 22.2 Å². The number of carbonyl (C=O) groups excluding carboxylic acids is 1. The van der Waals surface area contributed by atoms with Crippen molar-refractivity contribution in [2.75, 3.05) is 58.3 Å². The Labute approximate surface area is 141 Å². The number of halogens is 1. The topological polar surface area (TPSA) is 48.1 Å². The van der Waals surface area contributed by atoms with Crippen molar-refractivity contribution < 1.29 is 13.9 Å². The maximum absolute atomic E-state index is 12.9. The number of benzene rings is 1. The summed E-state index contributed by atoms with van der Waals surface area (Å²) in [6.45, 7) is 5.92. The van der Waals surface area contributed by atoms with Crippen molar-refractivity contribution in [3.63, 3.8) is 0 Å². The van der Waals surface area contributed by atoms with Gasteiger partial charge >= 0.3 is 6.03 Å². The highest BCUT2D eigenvalue weighted by atomic mass is 19.1. The average molecular weight is 334 g/mol. The molecule has 3 saturated heterocycles. The van der Waals surface area contributed by atoms with Crippen LogP contribution in [0.25, 0.3) is 0 Å². The molecule has 2 amide bonds. The number of hydrogen-bond donors (Lipinski definition) is 1. The lowest BCUT2D eigenvalue weighted by molar-refractivity contribution is -0.150. The fourth-order valence-electron chi connectivity index (χ4n) is 4.27. The minimum Gasteiger partial charge on any atom is -0.378 e. The van der Waals surface area contributed by atoms with Gasteiger partial charge in [0.05, 0.1) is 18.8 Å². The molecule has 0 unspecified atom stereocenters. The summed E-state index contributed by atoms with van der Waals surface area (Å²) in [5.41, 5.74) is 0.661. The molecule has 0 aliphatic carbocycles. The number of carbonyl (C=O) groups is 1. The van der Waals surface area contributed by atoms with Gasteiger partial charge in [0.2, 0.25) is 0 Å². The third-order valence-corrected chi connectivity index (χ3v) is 5.28. The van der Waals surface area contributed by atoms with Gasteiger partial charge in [0.1, 0.15) is 5.82 Å². The highest BCUT2D eigenvalue weighted by Crippen LogP contribution is 2.35. The molecule has 7 heteroatoms. The van der Waals surface area contributed by atoms with Gasteiger partial charge in [-0.05, 0) is 31.3 Å². The Bertz CT molecular complexity index is 618. The molecule has 0 radical (unpaired) electrons. The number of nitrogens with zero attached hydrogens (tertiary/aromatic N) is 3. The minimum atomic E-state index is -0.306. The van der Waals surface area contributed by atoms with Crippen molar-refractivity contribution in [2.45, 2.75) is 11.6 Å². The molecular weight excluding hydrogens is 311 g/mol. The number of morpholine rings is 1. The number of ether oxygens (including phenoxy) is 1. The molecule has 6 nitrogen and oxygen atoms in total. The zero-order chi connectivity index (χ0) is 16.7. The van der Waals surface area contributed by atoms with Gasteiger partial charge in [-0.15, -0.1) is 0 Å². The summed E-state index contributed by atoms with van der Waals surface area (Å²) in [6.07, 6.45) is 0. The summed E-state index contributed by atoms with van der Waals surface area (Å²) < 4.78 is 18.6. The Kier molecular flexibility index (Phi) is 3.94. The number of rotatable bonds is 1. The third kappa shape index (κ3) is 2.76. The Morgan fingerprint density at radius 1 is 1.29 bits per heavy atom. The first kappa shape index (κ1) is 15.8. The zero-order valence-electron chi connectivity index (χ0n) is 13.9.